The van der Waals surface area contributed by atoms with E-state index < -0.39 is 0 Å². The fourth-order valence-corrected chi connectivity index (χ4v) is 3.39. The highest BCUT2D eigenvalue weighted by Gasteiger charge is 2.33. The molecule has 3 rings (SSSR count). The zero-order valence-corrected chi connectivity index (χ0v) is 13.3. The highest BCUT2D eigenvalue weighted by atomic mass is 19.1. The fraction of sp³-hybridized carbons (Fsp3) is 0.529. The molecule has 23 heavy (non-hydrogen) atoms. The van der Waals surface area contributed by atoms with Gasteiger partial charge in [0.1, 0.15) is 11.9 Å². The van der Waals surface area contributed by atoms with Gasteiger partial charge in [-0.05, 0) is 43.5 Å². The normalized spacial score (nSPS) is 22.1. The van der Waals surface area contributed by atoms with Crippen LogP contribution in [0.5, 0.6) is 0 Å². The SMILES string of the molecule is CN(C(=O)[C@H]1CCC(=O)N1)C1CCN(c2ccc(F)cc2)CC1. The molecular weight excluding hydrogens is 297 g/mol. The molecule has 6 heteroatoms. The summed E-state index contributed by atoms with van der Waals surface area (Å²) in [4.78, 5) is 27.7. The molecule has 0 aromatic heterocycles. The molecule has 1 aromatic rings. The number of amides is 2. The average molecular weight is 319 g/mol. The number of carbonyl (C=O) groups excluding carboxylic acids is 2. The number of likely N-dealkylation sites (N-methyl/N-ethyl adjacent to an activating group) is 1. The zero-order valence-electron chi connectivity index (χ0n) is 13.3. The lowest BCUT2D eigenvalue weighted by molar-refractivity contribution is -0.135. The fourth-order valence-electron chi connectivity index (χ4n) is 3.39. The van der Waals surface area contributed by atoms with Crippen molar-refractivity contribution in [2.45, 2.75) is 37.8 Å². The molecule has 1 atom stereocenters. The Kier molecular flexibility index (Phi) is 4.50. The summed E-state index contributed by atoms with van der Waals surface area (Å²) in [6.45, 7) is 1.68. The first-order chi connectivity index (χ1) is 11.0. The van der Waals surface area contributed by atoms with Gasteiger partial charge in [-0.2, -0.15) is 0 Å². The van der Waals surface area contributed by atoms with Gasteiger partial charge >= 0.3 is 0 Å². The predicted octanol–water partition coefficient (Wildman–Crippen LogP) is 1.53. The summed E-state index contributed by atoms with van der Waals surface area (Å²) < 4.78 is 13.0. The van der Waals surface area contributed by atoms with E-state index >= 15 is 0 Å². The second-order valence-electron chi connectivity index (χ2n) is 6.30. The minimum absolute atomic E-state index is 0.0103. The zero-order chi connectivity index (χ0) is 16.4. The molecule has 1 N–H and O–H groups in total. The van der Waals surface area contributed by atoms with E-state index in [0.717, 1.165) is 31.6 Å². The summed E-state index contributed by atoms with van der Waals surface area (Å²) in [5.41, 5.74) is 1.02. The van der Waals surface area contributed by atoms with Crippen molar-refractivity contribution in [3.05, 3.63) is 30.1 Å². The van der Waals surface area contributed by atoms with E-state index in [1.807, 2.05) is 7.05 Å². The molecule has 2 amide bonds. The maximum Gasteiger partial charge on any atom is 0.245 e. The minimum Gasteiger partial charge on any atom is -0.371 e. The highest BCUT2D eigenvalue weighted by molar-refractivity contribution is 5.90. The lowest BCUT2D eigenvalue weighted by Crippen LogP contribution is -2.50. The van der Waals surface area contributed by atoms with Crippen molar-refractivity contribution in [3.8, 4) is 0 Å². The summed E-state index contributed by atoms with van der Waals surface area (Å²) in [5, 5.41) is 2.74. The van der Waals surface area contributed by atoms with Crippen molar-refractivity contribution >= 4 is 17.5 Å². The average Bonchev–Trinajstić information content (AvgIpc) is 3.01. The summed E-state index contributed by atoms with van der Waals surface area (Å²) in [5.74, 6) is -0.258. The molecule has 0 saturated carbocycles. The number of piperidine rings is 1. The lowest BCUT2D eigenvalue weighted by atomic mass is 10.0. The predicted molar refractivity (Wildman–Crippen MR) is 85.6 cm³/mol. The van der Waals surface area contributed by atoms with Crippen molar-refractivity contribution in [1.82, 2.24) is 10.2 Å². The standard InChI is InChI=1S/C17H22FN3O2/c1-20(17(23)15-6-7-16(22)19-15)13-8-10-21(11-9-13)14-4-2-12(18)3-5-14/h2-5,13,15H,6-11H2,1H3,(H,19,22)/t15-/m1/s1. The summed E-state index contributed by atoms with van der Waals surface area (Å²) in [7, 11) is 1.82. The number of anilines is 1. The number of rotatable bonds is 3. The molecule has 0 radical (unpaired) electrons. The van der Waals surface area contributed by atoms with Crippen molar-refractivity contribution < 1.29 is 14.0 Å². The maximum absolute atomic E-state index is 13.0. The van der Waals surface area contributed by atoms with Crippen LogP contribution in [-0.2, 0) is 9.59 Å². The van der Waals surface area contributed by atoms with E-state index in [1.165, 1.54) is 12.1 Å². The Balaban J connectivity index is 1.54. The maximum atomic E-state index is 13.0. The molecule has 2 heterocycles. The third kappa shape index (κ3) is 3.46. The highest BCUT2D eigenvalue weighted by Crippen LogP contribution is 2.23. The summed E-state index contributed by atoms with van der Waals surface area (Å²) in [6, 6.07) is 6.36. The number of benzene rings is 1. The Bertz CT molecular complexity index is 582. The van der Waals surface area contributed by atoms with Crippen molar-refractivity contribution in [3.63, 3.8) is 0 Å². The van der Waals surface area contributed by atoms with E-state index in [1.54, 1.807) is 17.0 Å². The van der Waals surface area contributed by atoms with Gasteiger partial charge in [-0.1, -0.05) is 0 Å². The van der Waals surface area contributed by atoms with Crippen LogP contribution in [0.4, 0.5) is 10.1 Å². The number of halogens is 1. The van der Waals surface area contributed by atoms with Crippen LogP contribution in [0.15, 0.2) is 24.3 Å². The van der Waals surface area contributed by atoms with E-state index in [4.69, 9.17) is 0 Å². The third-order valence-electron chi connectivity index (χ3n) is 4.84. The smallest absolute Gasteiger partial charge is 0.245 e. The molecule has 1 aromatic carbocycles. The molecule has 5 nitrogen and oxygen atoms in total. The summed E-state index contributed by atoms with van der Waals surface area (Å²) in [6.07, 6.45) is 2.78. The first kappa shape index (κ1) is 15.8. The number of carbonyl (C=O) groups is 2. The molecule has 0 aliphatic carbocycles. The number of nitrogens with one attached hydrogen (secondary N) is 1. The largest absolute Gasteiger partial charge is 0.371 e. The molecule has 2 aliphatic rings. The van der Waals surface area contributed by atoms with Crippen LogP contribution in [0, 0.1) is 5.82 Å². The van der Waals surface area contributed by atoms with Gasteiger partial charge in [0.05, 0.1) is 0 Å². The molecule has 2 fully saturated rings. The van der Waals surface area contributed by atoms with E-state index in [-0.39, 0.29) is 29.7 Å². The molecule has 2 aliphatic heterocycles. The third-order valence-corrected chi connectivity index (χ3v) is 4.84. The van der Waals surface area contributed by atoms with Gasteiger partial charge in [0.25, 0.3) is 0 Å². The van der Waals surface area contributed by atoms with Gasteiger partial charge in [-0.15, -0.1) is 0 Å². The van der Waals surface area contributed by atoms with Crippen LogP contribution in [0.3, 0.4) is 0 Å². The van der Waals surface area contributed by atoms with Crippen LogP contribution in [0.2, 0.25) is 0 Å². The molecule has 124 valence electrons. The first-order valence-corrected chi connectivity index (χ1v) is 8.11. The minimum atomic E-state index is -0.359. The van der Waals surface area contributed by atoms with Crippen LogP contribution in [-0.4, -0.2) is 48.9 Å². The van der Waals surface area contributed by atoms with Crippen LogP contribution in [0.1, 0.15) is 25.7 Å². The lowest BCUT2D eigenvalue weighted by Gasteiger charge is -2.38. The Hall–Kier alpha value is -2.11. The van der Waals surface area contributed by atoms with Gasteiger partial charge in [0.15, 0.2) is 0 Å². The Labute approximate surface area is 135 Å². The second kappa shape index (κ2) is 6.56. The number of nitrogens with zero attached hydrogens (tertiary/aromatic N) is 2. The van der Waals surface area contributed by atoms with E-state index in [9.17, 15) is 14.0 Å². The molecule has 2 saturated heterocycles. The number of hydrogen-bond acceptors (Lipinski definition) is 3. The first-order valence-electron chi connectivity index (χ1n) is 8.11. The van der Waals surface area contributed by atoms with E-state index in [0.29, 0.717) is 12.8 Å². The van der Waals surface area contributed by atoms with Crippen LogP contribution in [0.25, 0.3) is 0 Å². The molecular formula is C17H22FN3O2. The molecule has 0 spiro atoms. The van der Waals surface area contributed by atoms with Crippen molar-refractivity contribution in [2.24, 2.45) is 0 Å². The Morgan fingerprint density at radius 2 is 1.87 bits per heavy atom. The van der Waals surface area contributed by atoms with Crippen molar-refractivity contribution in [1.29, 1.82) is 0 Å². The van der Waals surface area contributed by atoms with Crippen LogP contribution >= 0.6 is 0 Å². The van der Waals surface area contributed by atoms with Crippen molar-refractivity contribution in [2.75, 3.05) is 25.0 Å². The topological polar surface area (TPSA) is 52.7 Å². The van der Waals surface area contributed by atoms with E-state index in [2.05, 4.69) is 10.2 Å². The van der Waals surface area contributed by atoms with Gasteiger partial charge in [-0.25, -0.2) is 4.39 Å². The quantitative estimate of drug-likeness (QED) is 0.919. The Morgan fingerprint density at radius 1 is 1.22 bits per heavy atom. The van der Waals surface area contributed by atoms with Gasteiger partial charge < -0.3 is 15.1 Å². The van der Waals surface area contributed by atoms with Crippen LogP contribution < -0.4 is 10.2 Å². The second-order valence-corrected chi connectivity index (χ2v) is 6.30. The van der Waals surface area contributed by atoms with Gasteiger partial charge in [-0.3, -0.25) is 9.59 Å². The summed E-state index contributed by atoms with van der Waals surface area (Å²) >= 11 is 0. The van der Waals surface area contributed by atoms with Gasteiger partial charge in [0, 0.05) is 38.3 Å². The number of hydrogen-bond donors (Lipinski definition) is 1. The Morgan fingerprint density at radius 3 is 2.43 bits per heavy atom. The monoisotopic (exact) mass is 319 g/mol. The molecule has 0 unspecified atom stereocenters. The molecule has 0 bridgehead atoms. The van der Waals surface area contributed by atoms with Gasteiger partial charge in [0.2, 0.25) is 11.8 Å².